The lowest BCUT2D eigenvalue weighted by Crippen LogP contribution is -2.30. The van der Waals surface area contributed by atoms with Crippen LogP contribution < -0.4 is 10.0 Å². The second-order valence-corrected chi connectivity index (χ2v) is 7.50. The van der Waals surface area contributed by atoms with E-state index in [4.69, 9.17) is 0 Å². The fourth-order valence-electron chi connectivity index (χ4n) is 2.49. The lowest BCUT2D eigenvalue weighted by molar-refractivity contribution is 0.486. The molecule has 0 radical (unpaired) electrons. The van der Waals surface area contributed by atoms with E-state index in [9.17, 15) is 8.42 Å². The fourth-order valence-corrected chi connectivity index (χ4v) is 3.80. The highest BCUT2D eigenvalue weighted by atomic mass is 32.2. The molecule has 0 heterocycles. The zero-order valence-corrected chi connectivity index (χ0v) is 13.7. The van der Waals surface area contributed by atoms with Gasteiger partial charge in [0.05, 0.1) is 4.90 Å². The van der Waals surface area contributed by atoms with Crippen LogP contribution in [0.4, 0.5) is 0 Å². The second kappa shape index (κ2) is 7.38. The Labute approximate surface area is 128 Å². The molecule has 1 atom stereocenters. The molecule has 0 spiro atoms. The maximum Gasteiger partial charge on any atom is 0.240 e. The summed E-state index contributed by atoms with van der Waals surface area (Å²) in [5.74, 6) is 0. The molecule has 0 aromatic heterocycles. The summed E-state index contributed by atoms with van der Waals surface area (Å²) in [6.45, 7) is 5.26. The topological polar surface area (TPSA) is 58.2 Å². The van der Waals surface area contributed by atoms with Crippen LogP contribution in [0.2, 0.25) is 0 Å². The SMILES string of the molecule is CCCC(Cc1ccc(S(=O)(=O)NC2CC2)cc1)NCC. The Hall–Kier alpha value is -0.910. The van der Waals surface area contributed by atoms with E-state index in [0.717, 1.165) is 38.6 Å². The summed E-state index contributed by atoms with van der Waals surface area (Å²) in [4.78, 5) is 0.369. The quantitative estimate of drug-likeness (QED) is 0.736. The zero-order chi connectivity index (χ0) is 15.3. The maximum absolute atomic E-state index is 12.1. The Kier molecular flexibility index (Phi) is 5.79. The average molecular weight is 310 g/mol. The Balaban J connectivity index is 2.00. The van der Waals surface area contributed by atoms with Crippen LogP contribution >= 0.6 is 0 Å². The first-order valence-corrected chi connectivity index (χ1v) is 9.38. The molecule has 1 aliphatic carbocycles. The van der Waals surface area contributed by atoms with Crippen LogP contribution in [0, 0.1) is 0 Å². The molecule has 1 fully saturated rings. The number of sulfonamides is 1. The van der Waals surface area contributed by atoms with Gasteiger partial charge in [0, 0.05) is 12.1 Å². The third-order valence-corrected chi connectivity index (χ3v) is 5.28. The van der Waals surface area contributed by atoms with E-state index in [2.05, 4.69) is 23.9 Å². The minimum absolute atomic E-state index is 0.150. The summed E-state index contributed by atoms with van der Waals surface area (Å²) in [6.07, 6.45) is 5.14. The van der Waals surface area contributed by atoms with E-state index in [1.54, 1.807) is 12.1 Å². The number of hydrogen-bond acceptors (Lipinski definition) is 3. The summed E-state index contributed by atoms with van der Waals surface area (Å²) in [5.41, 5.74) is 1.18. The van der Waals surface area contributed by atoms with Gasteiger partial charge in [-0.05, 0) is 49.9 Å². The predicted octanol–water partition coefficient (Wildman–Crippen LogP) is 2.45. The van der Waals surface area contributed by atoms with Gasteiger partial charge in [0.1, 0.15) is 0 Å². The monoisotopic (exact) mass is 310 g/mol. The van der Waals surface area contributed by atoms with Crippen molar-refractivity contribution in [1.29, 1.82) is 0 Å². The highest BCUT2D eigenvalue weighted by molar-refractivity contribution is 7.89. The molecular weight excluding hydrogens is 284 g/mol. The molecule has 2 rings (SSSR count). The number of benzene rings is 1. The van der Waals surface area contributed by atoms with Crippen molar-refractivity contribution in [3.8, 4) is 0 Å². The van der Waals surface area contributed by atoms with Crippen LogP contribution in [-0.4, -0.2) is 27.0 Å². The van der Waals surface area contributed by atoms with Gasteiger partial charge in [0.15, 0.2) is 0 Å². The van der Waals surface area contributed by atoms with Gasteiger partial charge in [-0.15, -0.1) is 0 Å². The van der Waals surface area contributed by atoms with Crippen LogP contribution in [0.3, 0.4) is 0 Å². The van der Waals surface area contributed by atoms with E-state index in [1.165, 1.54) is 5.56 Å². The Morgan fingerprint density at radius 1 is 1.19 bits per heavy atom. The molecular formula is C16H26N2O2S. The van der Waals surface area contributed by atoms with Gasteiger partial charge in [0.2, 0.25) is 10.0 Å². The molecule has 5 heteroatoms. The lowest BCUT2D eigenvalue weighted by Gasteiger charge is -2.17. The molecule has 4 nitrogen and oxygen atoms in total. The van der Waals surface area contributed by atoms with Crippen LogP contribution in [0.1, 0.15) is 45.1 Å². The molecule has 1 aliphatic rings. The molecule has 0 aliphatic heterocycles. The van der Waals surface area contributed by atoms with Crippen molar-refractivity contribution in [2.24, 2.45) is 0 Å². The van der Waals surface area contributed by atoms with Crippen molar-refractivity contribution in [3.63, 3.8) is 0 Å². The largest absolute Gasteiger partial charge is 0.314 e. The van der Waals surface area contributed by atoms with Gasteiger partial charge >= 0.3 is 0 Å². The number of rotatable bonds is 9. The third kappa shape index (κ3) is 5.09. The average Bonchev–Trinajstić information content (AvgIpc) is 3.23. The molecule has 21 heavy (non-hydrogen) atoms. The van der Waals surface area contributed by atoms with Crippen molar-refractivity contribution in [1.82, 2.24) is 10.0 Å². The number of hydrogen-bond donors (Lipinski definition) is 2. The van der Waals surface area contributed by atoms with Crippen molar-refractivity contribution in [2.45, 2.75) is 62.9 Å². The molecule has 1 saturated carbocycles. The van der Waals surface area contributed by atoms with Crippen molar-refractivity contribution < 1.29 is 8.42 Å². The summed E-state index contributed by atoms with van der Waals surface area (Å²) in [6, 6.07) is 7.91. The first-order valence-electron chi connectivity index (χ1n) is 7.89. The second-order valence-electron chi connectivity index (χ2n) is 5.79. The molecule has 118 valence electrons. The molecule has 1 aromatic rings. The molecule has 0 saturated heterocycles. The molecule has 1 aromatic carbocycles. The van der Waals surface area contributed by atoms with Crippen molar-refractivity contribution >= 4 is 10.0 Å². The maximum atomic E-state index is 12.1. The third-order valence-electron chi connectivity index (χ3n) is 3.74. The minimum Gasteiger partial charge on any atom is -0.314 e. The summed E-state index contributed by atoms with van der Waals surface area (Å²) in [7, 11) is -3.33. The summed E-state index contributed by atoms with van der Waals surface area (Å²) < 4.78 is 26.9. The standard InChI is InChI=1S/C16H26N2O2S/c1-3-5-15(17-4-2)12-13-6-10-16(11-7-13)21(19,20)18-14-8-9-14/h6-7,10-11,14-15,17-18H,3-5,8-9,12H2,1-2H3. The molecule has 1 unspecified atom stereocenters. The van der Waals surface area contributed by atoms with E-state index >= 15 is 0 Å². The zero-order valence-electron chi connectivity index (χ0n) is 12.9. The van der Waals surface area contributed by atoms with Crippen molar-refractivity contribution in [3.05, 3.63) is 29.8 Å². The fraction of sp³-hybridized carbons (Fsp3) is 0.625. The van der Waals surface area contributed by atoms with Gasteiger partial charge < -0.3 is 5.32 Å². The van der Waals surface area contributed by atoms with Gasteiger partial charge in [0.25, 0.3) is 0 Å². The Morgan fingerprint density at radius 3 is 2.38 bits per heavy atom. The highest BCUT2D eigenvalue weighted by Gasteiger charge is 2.27. The normalized spacial score (nSPS) is 16.9. The Bertz CT molecular complexity index is 530. The first kappa shape index (κ1) is 16.5. The molecule has 0 bridgehead atoms. The van der Waals surface area contributed by atoms with Gasteiger partial charge in [-0.25, -0.2) is 13.1 Å². The van der Waals surface area contributed by atoms with Gasteiger partial charge in [-0.2, -0.15) is 0 Å². The Morgan fingerprint density at radius 2 is 1.86 bits per heavy atom. The highest BCUT2D eigenvalue weighted by Crippen LogP contribution is 2.22. The van der Waals surface area contributed by atoms with Crippen LogP contribution in [0.25, 0.3) is 0 Å². The van der Waals surface area contributed by atoms with Crippen molar-refractivity contribution in [2.75, 3.05) is 6.54 Å². The lowest BCUT2D eigenvalue weighted by atomic mass is 10.0. The van der Waals surface area contributed by atoms with Crippen LogP contribution in [0.5, 0.6) is 0 Å². The molecule has 2 N–H and O–H groups in total. The summed E-state index contributed by atoms with van der Waals surface area (Å²) >= 11 is 0. The van der Waals surface area contributed by atoms with Crippen LogP contribution in [0.15, 0.2) is 29.2 Å². The van der Waals surface area contributed by atoms with Crippen LogP contribution in [-0.2, 0) is 16.4 Å². The minimum atomic E-state index is -3.33. The van der Waals surface area contributed by atoms with E-state index < -0.39 is 10.0 Å². The van der Waals surface area contributed by atoms with E-state index in [-0.39, 0.29) is 6.04 Å². The van der Waals surface area contributed by atoms with Gasteiger partial charge in [-0.1, -0.05) is 32.4 Å². The number of likely N-dealkylation sites (N-methyl/N-ethyl adjacent to an activating group) is 1. The number of nitrogens with one attached hydrogen (secondary N) is 2. The summed E-state index contributed by atoms with van der Waals surface area (Å²) in [5, 5.41) is 3.48. The smallest absolute Gasteiger partial charge is 0.240 e. The van der Waals surface area contributed by atoms with E-state index in [0.29, 0.717) is 10.9 Å². The van der Waals surface area contributed by atoms with Gasteiger partial charge in [-0.3, -0.25) is 0 Å². The first-order chi connectivity index (χ1) is 10.0. The predicted molar refractivity (Wildman–Crippen MR) is 85.9 cm³/mol. The molecule has 0 amide bonds. The van der Waals surface area contributed by atoms with E-state index in [1.807, 2.05) is 12.1 Å².